The van der Waals surface area contributed by atoms with Crippen molar-refractivity contribution in [1.29, 1.82) is 0 Å². The SMILES string of the molecule is C[Si](C)(C)OCC(F)(F)CC(F)(F)F. The van der Waals surface area contributed by atoms with Gasteiger partial charge in [0.05, 0.1) is 6.61 Å². The molecule has 0 bridgehead atoms. The van der Waals surface area contributed by atoms with Gasteiger partial charge in [0.1, 0.15) is 6.42 Å². The van der Waals surface area contributed by atoms with Gasteiger partial charge in [0.2, 0.25) is 0 Å². The van der Waals surface area contributed by atoms with Crippen LogP contribution in [0.3, 0.4) is 0 Å². The van der Waals surface area contributed by atoms with Gasteiger partial charge in [-0.15, -0.1) is 0 Å². The van der Waals surface area contributed by atoms with E-state index in [-0.39, 0.29) is 0 Å². The fourth-order valence-corrected chi connectivity index (χ4v) is 1.31. The van der Waals surface area contributed by atoms with Crippen molar-refractivity contribution in [2.24, 2.45) is 0 Å². The predicted molar refractivity (Wildman–Crippen MR) is 44.9 cm³/mol. The van der Waals surface area contributed by atoms with Crippen LogP contribution in [0, 0.1) is 0 Å². The third kappa shape index (κ3) is 8.43. The van der Waals surface area contributed by atoms with Crippen LogP contribution in [0.4, 0.5) is 22.0 Å². The highest BCUT2D eigenvalue weighted by Gasteiger charge is 2.44. The first-order valence-electron chi connectivity index (χ1n) is 4.00. The van der Waals surface area contributed by atoms with Gasteiger partial charge in [-0.1, -0.05) is 0 Å². The number of rotatable bonds is 4. The van der Waals surface area contributed by atoms with E-state index in [2.05, 4.69) is 0 Å². The second-order valence-corrected chi connectivity index (χ2v) is 8.56. The van der Waals surface area contributed by atoms with Gasteiger partial charge < -0.3 is 4.43 Å². The van der Waals surface area contributed by atoms with E-state index in [1.807, 2.05) is 0 Å². The summed E-state index contributed by atoms with van der Waals surface area (Å²) in [5.74, 6) is -3.82. The second-order valence-electron chi connectivity index (χ2n) is 4.05. The Labute approximate surface area is 80.4 Å². The lowest BCUT2D eigenvalue weighted by atomic mass is 10.2. The van der Waals surface area contributed by atoms with E-state index in [0.29, 0.717) is 0 Å². The van der Waals surface area contributed by atoms with Crippen LogP contribution >= 0.6 is 0 Å². The molecule has 0 aliphatic carbocycles. The minimum absolute atomic E-state index is 1.15. The molecule has 0 saturated heterocycles. The third-order valence-electron chi connectivity index (χ3n) is 1.18. The molecular weight excluding hydrogens is 223 g/mol. The van der Waals surface area contributed by atoms with Crippen molar-refractivity contribution in [2.45, 2.75) is 38.2 Å². The Kier molecular flexibility index (Phi) is 4.09. The highest BCUT2D eigenvalue weighted by molar-refractivity contribution is 6.69. The Morgan fingerprint density at radius 2 is 1.43 bits per heavy atom. The lowest BCUT2D eigenvalue weighted by Gasteiger charge is -2.23. The molecule has 0 fully saturated rings. The van der Waals surface area contributed by atoms with Crippen molar-refractivity contribution in [2.75, 3.05) is 6.61 Å². The molecule has 0 atom stereocenters. The van der Waals surface area contributed by atoms with Gasteiger partial charge in [0, 0.05) is 0 Å². The van der Waals surface area contributed by atoms with Crippen LogP contribution < -0.4 is 0 Å². The molecule has 0 aromatic rings. The summed E-state index contributed by atoms with van der Waals surface area (Å²) in [5, 5.41) is 0. The molecule has 1 nitrogen and oxygen atoms in total. The van der Waals surface area contributed by atoms with E-state index in [1.165, 1.54) is 0 Å². The first-order chi connectivity index (χ1) is 5.91. The Morgan fingerprint density at radius 1 is 1.00 bits per heavy atom. The average molecular weight is 236 g/mol. The zero-order chi connectivity index (χ0) is 11.6. The normalized spacial score (nSPS) is 14.6. The molecule has 0 aliphatic rings. The van der Waals surface area contributed by atoms with Gasteiger partial charge in [-0.25, -0.2) is 8.78 Å². The zero-order valence-corrected chi connectivity index (χ0v) is 9.21. The highest BCUT2D eigenvalue weighted by atomic mass is 28.4. The van der Waals surface area contributed by atoms with Crippen molar-refractivity contribution in [3.05, 3.63) is 0 Å². The predicted octanol–water partition coefficient (Wildman–Crippen LogP) is 3.43. The molecule has 14 heavy (non-hydrogen) atoms. The van der Waals surface area contributed by atoms with Gasteiger partial charge in [-0.05, 0) is 19.6 Å². The molecule has 0 aromatic carbocycles. The summed E-state index contributed by atoms with van der Waals surface area (Å²) in [7, 11) is -2.19. The van der Waals surface area contributed by atoms with E-state index in [4.69, 9.17) is 4.43 Å². The largest absolute Gasteiger partial charge is 0.411 e. The smallest absolute Gasteiger partial charge is 0.394 e. The van der Waals surface area contributed by atoms with Crippen LogP contribution in [0.15, 0.2) is 0 Å². The standard InChI is InChI=1S/C7H13F5OSi/c1-14(2,3)13-5-6(8,9)4-7(10,11)12/h4-5H2,1-3H3. The summed E-state index contributed by atoms with van der Waals surface area (Å²) in [6.45, 7) is 3.76. The Bertz CT molecular complexity index is 183. The van der Waals surface area contributed by atoms with Gasteiger partial charge in [-0.3, -0.25) is 0 Å². The minimum Gasteiger partial charge on any atom is -0.411 e. The van der Waals surface area contributed by atoms with Crippen LogP contribution in [-0.4, -0.2) is 27.0 Å². The first kappa shape index (κ1) is 13.8. The summed E-state index contributed by atoms with van der Waals surface area (Å²) >= 11 is 0. The second kappa shape index (κ2) is 4.14. The minimum atomic E-state index is -4.85. The van der Waals surface area contributed by atoms with Crippen molar-refractivity contribution in [3.8, 4) is 0 Å². The molecule has 86 valence electrons. The number of alkyl halides is 5. The number of hydrogen-bond acceptors (Lipinski definition) is 1. The molecule has 0 amide bonds. The Hall–Kier alpha value is -0.173. The lowest BCUT2D eigenvalue weighted by Crippen LogP contribution is -2.36. The first-order valence-corrected chi connectivity index (χ1v) is 7.41. The quantitative estimate of drug-likeness (QED) is 0.536. The van der Waals surface area contributed by atoms with Crippen molar-refractivity contribution < 1.29 is 26.4 Å². The molecule has 7 heteroatoms. The molecule has 0 rings (SSSR count). The summed E-state index contributed by atoms with van der Waals surface area (Å²) in [6, 6.07) is 0. The van der Waals surface area contributed by atoms with Crippen molar-refractivity contribution in [1.82, 2.24) is 0 Å². The topological polar surface area (TPSA) is 9.23 Å². The zero-order valence-electron chi connectivity index (χ0n) is 8.21. The van der Waals surface area contributed by atoms with Crippen molar-refractivity contribution in [3.63, 3.8) is 0 Å². The van der Waals surface area contributed by atoms with Crippen molar-refractivity contribution >= 4 is 8.32 Å². The van der Waals surface area contributed by atoms with Gasteiger partial charge >= 0.3 is 6.18 Å². The molecule has 0 heterocycles. The maximum Gasteiger partial charge on any atom is 0.394 e. The maximum atomic E-state index is 12.6. The molecule has 0 spiro atoms. The van der Waals surface area contributed by atoms with Crippen LogP contribution in [0.25, 0.3) is 0 Å². The van der Waals surface area contributed by atoms with E-state index in [0.717, 1.165) is 0 Å². The van der Waals surface area contributed by atoms with Crippen LogP contribution in [0.1, 0.15) is 6.42 Å². The Morgan fingerprint density at radius 3 is 1.71 bits per heavy atom. The van der Waals surface area contributed by atoms with Gasteiger partial charge in [0.25, 0.3) is 5.92 Å². The van der Waals surface area contributed by atoms with E-state index >= 15 is 0 Å². The fourth-order valence-electron chi connectivity index (χ4n) is 0.666. The van der Waals surface area contributed by atoms with Gasteiger partial charge in [-0.2, -0.15) is 13.2 Å². The number of hydrogen-bond donors (Lipinski definition) is 0. The number of halogens is 5. The van der Waals surface area contributed by atoms with Crippen LogP contribution in [0.2, 0.25) is 19.6 Å². The summed E-state index contributed by atoms with van der Waals surface area (Å²) in [6.07, 6.45) is -6.98. The summed E-state index contributed by atoms with van der Waals surface area (Å²) < 4.78 is 64.9. The lowest BCUT2D eigenvalue weighted by molar-refractivity contribution is -0.195. The molecule has 0 aromatic heterocycles. The maximum absolute atomic E-state index is 12.6. The molecule has 0 aliphatic heterocycles. The van der Waals surface area contributed by atoms with Gasteiger partial charge in [0.15, 0.2) is 8.32 Å². The molecule has 0 N–H and O–H groups in total. The van der Waals surface area contributed by atoms with E-state index in [1.54, 1.807) is 19.6 Å². The molecular formula is C7H13F5OSi. The summed E-state index contributed by atoms with van der Waals surface area (Å²) in [4.78, 5) is 0. The summed E-state index contributed by atoms with van der Waals surface area (Å²) in [5.41, 5.74) is 0. The fraction of sp³-hybridized carbons (Fsp3) is 1.00. The third-order valence-corrected chi connectivity index (χ3v) is 2.19. The van der Waals surface area contributed by atoms with Crippen LogP contribution in [-0.2, 0) is 4.43 Å². The average Bonchev–Trinajstić information content (AvgIpc) is 1.76. The Balaban J connectivity index is 4.09. The highest BCUT2D eigenvalue weighted by Crippen LogP contribution is 2.32. The molecule has 0 saturated carbocycles. The van der Waals surface area contributed by atoms with Crippen LogP contribution in [0.5, 0.6) is 0 Å². The van der Waals surface area contributed by atoms with E-state index < -0.39 is 33.4 Å². The van der Waals surface area contributed by atoms with E-state index in [9.17, 15) is 22.0 Å². The molecule has 0 radical (unpaired) electrons. The molecule has 0 unspecified atom stereocenters. The monoisotopic (exact) mass is 236 g/mol.